The first-order valence-electron chi connectivity index (χ1n) is 21.0. The van der Waals surface area contributed by atoms with Gasteiger partial charge >= 0.3 is 0 Å². The van der Waals surface area contributed by atoms with E-state index >= 15 is 0 Å². The van der Waals surface area contributed by atoms with E-state index in [1.165, 1.54) is 33.4 Å². The molecule has 3 heterocycles. The van der Waals surface area contributed by atoms with Gasteiger partial charge in [0.05, 0.1) is 16.8 Å². The zero-order chi connectivity index (χ0) is 41.0. The SMILES string of the molecule is c1ccc(-c2cc(-c3ccccc3)nc(-c3cc(-c4ccc5c(c4)C(c4ccccc4)(c4ccccc4)c4ccccc4-5)cc(-c4ccnc5c4oc4ccccc45)c3)n2)cc1. The second-order valence-corrected chi connectivity index (χ2v) is 15.9. The molecule has 3 aromatic heterocycles. The van der Waals surface area contributed by atoms with Crippen LogP contribution >= 0.6 is 0 Å². The topological polar surface area (TPSA) is 51.8 Å². The zero-order valence-electron chi connectivity index (χ0n) is 33.6. The van der Waals surface area contributed by atoms with Gasteiger partial charge in [-0.2, -0.15) is 0 Å². The number of pyridine rings is 1. The lowest BCUT2D eigenvalue weighted by molar-refractivity contribution is 0.669. The Hall–Kier alpha value is -8.21. The van der Waals surface area contributed by atoms with Crippen LogP contribution in [0, 0.1) is 0 Å². The third kappa shape index (κ3) is 5.72. The Labute approximate surface area is 359 Å². The Morgan fingerprint density at radius 3 is 1.63 bits per heavy atom. The quantitative estimate of drug-likeness (QED) is 0.161. The van der Waals surface area contributed by atoms with E-state index < -0.39 is 5.41 Å². The standard InChI is InChI=1S/C58H37N3O/c1-5-17-38(18-6-1)52-37-53(39-19-7-2-8-20-39)61-57(60-52)43-34-41(33-42(35-43)46-31-32-59-55-49-26-14-16-28-54(49)62-56(46)55)40-29-30-48-47-25-13-15-27-50(47)58(51(48)36-40,44-21-9-3-10-22-44)45-23-11-4-12-24-45/h1-37H. The lowest BCUT2D eigenvalue weighted by atomic mass is 9.67. The number of hydrogen-bond donors (Lipinski definition) is 0. The van der Waals surface area contributed by atoms with Crippen molar-refractivity contribution in [2.24, 2.45) is 0 Å². The van der Waals surface area contributed by atoms with Crippen LogP contribution in [0.2, 0.25) is 0 Å². The largest absolute Gasteiger partial charge is 0.454 e. The minimum atomic E-state index is -0.534. The monoisotopic (exact) mass is 791 g/mol. The fraction of sp³-hybridized carbons (Fsp3) is 0.0172. The predicted octanol–water partition coefficient (Wildman–Crippen LogP) is 14.5. The van der Waals surface area contributed by atoms with Crippen molar-refractivity contribution < 1.29 is 4.42 Å². The third-order valence-corrected chi connectivity index (χ3v) is 12.4. The van der Waals surface area contributed by atoms with Gasteiger partial charge in [-0.25, -0.2) is 9.97 Å². The molecule has 8 aromatic carbocycles. The summed E-state index contributed by atoms with van der Waals surface area (Å²) in [5, 5.41) is 0.989. The highest BCUT2D eigenvalue weighted by molar-refractivity contribution is 6.07. The lowest BCUT2D eigenvalue weighted by Crippen LogP contribution is -2.28. The van der Waals surface area contributed by atoms with Crippen LogP contribution in [0.4, 0.5) is 0 Å². The van der Waals surface area contributed by atoms with Crippen LogP contribution in [0.15, 0.2) is 229 Å². The molecule has 0 bridgehead atoms. The number of hydrogen-bond acceptors (Lipinski definition) is 4. The molecule has 0 amide bonds. The van der Waals surface area contributed by atoms with Gasteiger partial charge in [0.25, 0.3) is 0 Å². The van der Waals surface area contributed by atoms with E-state index in [4.69, 9.17) is 19.4 Å². The highest BCUT2D eigenvalue weighted by Crippen LogP contribution is 2.57. The minimum Gasteiger partial charge on any atom is -0.454 e. The van der Waals surface area contributed by atoms with Gasteiger partial charge in [-0.1, -0.05) is 170 Å². The molecule has 4 heteroatoms. The molecule has 0 fully saturated rings. The van der Waals surface area contributed by atoms with Crippen LogP contribution in [0.5, 0.6) is 0 Å². The Morgan fingerprint density at radius 1 is 0.371 bits per heavy atom. The van der Waals surface area contributed by atoms with Crippen molar-refractivity contribution in [1.82, 2.24) is 15.0 Å². The fourth-order valence-electron chi connectivity index (χ4n) is 9.62. The summed E-state index contributed by atoms with van der Waals surface area (Å²) in [6.07, 6.45) is 1.88. The van der Waals surface area contributed by atoms with E-state index in [0.717, 1.165) is 72.4 Å². The maximum atomic E-state index is 6.61. The van der Waals surface area contributed by atoms with E-state index in [9.17, 15) is 0 Å². The summed E-state index contributed by atoms with van der Waals surface area (Å²) in [6, 6.07) is 77.5. The van der Waals surface area contributed by atoms with Gasteiger partial charge in [-0.05, 0) is 98.6 Å². The predicted molar refractivity (Wildman–Crippen MR) is 252 cm³/mol. The number of rotatable bonds is 7. The molecule has 0 atom stereocenters. The molecule has 0 radical (unpaired) electrons. The average molecular weight is 792 g/mol. The van der Waals surface area contributed by atoms with Gasteiger partial charge in [-0.3, -0.25) is 4.98 Å². The summed E-state index contributed by atoms with van der Waals surface area (Å²) >= 11 is 0. The molecule has 0 saturated heterocycles. The number of nitrogens with zero attached hydrogens (tertiary/aromatic N) is 3. The van der Waals surface area contributed by atoms with E-state index in [0.29, 0.717) is 5.82 Å². The summed E-state index contributed by atoms with van der Waals surface area (Å²) < 4.78 is 6.61. The number of para-hydroxylation sites is 1. The van der Waals surface area contributed by atoms with Crippen molar-refractivity contribution in [3.63, 3.8) is 0 Å². The highest BCUT2D eigenvalue weighted by Gasteiger charge is 2.46. The first kappa shape index (κ1) is 35.7. The molecule has 0 unspecified atom stereocenters. The molecule has 0 aliphatic heterocycles. The van der Waals surface area contributed by atoms with Gasteiger partial charge in [0, 0.05) is 33.8 Å². The Balaban J connectivity index is 1.13. The Morgan fingerprint density at radius 2 is 0.935 bits per heavy atom. The van der Waals surface area contributed by atoms with Crippen molar-refractivity contribution in [2.75, 3.05) is 0 Å². The lowest BCUT2D eigenvalue weighted by Gasteiger charge is -2.34. The van der Waals surface area contributed by atoms with Crippen LogP contribution in [0.1, 0.15) is 22.3 Å². The van der Waals surface area contributed by atoms with Crippen LogP contribution in [0.3, 0.4) is 0 Å². The maximum absolute atomic E-state index is 6.61. The summed E-state index contributed by atoms with van der Waals surface area (Å²) in [7, 11) is 0. The molecular formula is C58H37N3O. The van der Waals surface area contributed by atoms with Crippen LogP contribution in [0.25, 0.3) is 89.4 Å². The van der Waals surface area contributed by atoms with Gasteiger partial charge in [0.15, 0.2) is 11.4 Å². The molecule has 0 saturated carbocycles. The summed E-state index contributed by atoms with van der Waals surface area (Å²) in [4.78, 5) is 15.4. The van der Waals surface area contributed by atoms with E-state index in [2.05, 4.69) is 188 Å². The van der Waals surface area contributed by atoms with Crippen molar-refractivity contribution in [3.05, 3.63) is 247 Å². The van der Waals surface area contributed by atoms with Crippen molar-refractivity contribution in [3.8, 4) is 67.3 Å². The van der Waals surface area contributed by atoms with E-state index in [-0.39, 0.29) is 0 Å². The van der Waals surface area contributed by atoms with Crippen molar-refractivity contribution in [1.29, 1.82) is 0 Å². The first-order valence-corrected chi connectivity index (χ1v) is 21.0. The van der Waals surface area contributed by atoms with E-state index in [1.807, 2.05) is 36.5 Å². The molecule has 11 aromatic rings. The van der Waals surface area contributed by atoms with E-state index in [1.54, 1.807) is 0 Å². The van der Waals surface area contributed by atoms with Gasteiger partial charge in [0.2, 0.25) is 0 Å². The average Bonchev–Trinajstić information content (AvgIpc) is 3.89. The first-order chi connectivity index (χ1) is 30.7. The molecule has 290 valence electrons. The second kappa shape index (κ2) is 14.5. The normalized spacial score (nSPS) is 12.6. The van der Waals surface area contributed by atoms with Crippen molar-refractivity contribution in [2.45, 2.75) is 5.41 Å². The highest BCUT2D eigenvalue weighted by atomic mass is 16.3. The molecule has 1 aliphatic carbocycles. The summed E-state index contributed by atoms with van der Waals surface area (Å²) in [5.41, 5.74) is 18.1. The van der Waals surface area contributed by atoms with Crippen LogP contribution in [-0.4, -0.2) is 15.0 Å². The minimum absolute atomic E-state index is 0.534. The number of furan rings is 1. The Kier molecular flexibility index (Phi) is 8.36. The van der Waals surface area contributed by atoms with Crippen LogP contribution in [-0.2, 0) is 5.41 Å². The van der Waals surface area contributed by atoms with Gasteiger partial charge in [0.1, 0.15) is 11.1 Å². The molecule has 4 nitrogen and oxygen atoms in total. The van der Waals surface area contributed by atoms with Crippen molar-refractivity contribution >= 4 is 22.1 Å². The fourth-order valence-corrected chi connectivity index (χ4v) is 9.62. The zero-order valence-corrected chi connectivity index (χ0v) is 33.6. The number of fused-ring (bicyclic) bond motifs is 6. The molecule has 0 N–H and O–H groups in total. The molecule has 0 spiro atoms. The number of aromatic nitrogens is 3. The Bertz CT molecular complexity index is 3350. The van der Waals surface area contributed by atoms with Crippen LogP contribution < -0.4 is 0 Å². The maximum Gasteiger partial charge on any atom is 0.161 e. The molecule has 62 heavy (non-hydrogen) atoms. The smallest absolute Gasteiger partial charge is 0.161 e. The van der Waals surface area contributed by atoms with Gasteiger partial charge < -0.3 is 4.42 Å². The second-order valence-electron chi connectivity index (χ2n) is 15.9. The summed E-state index contributed by atoms with van der Waals surface area (Å²) in [6.45, 7) is 0. The number of benzene rings is 8. The summed E-state index contributed by atoms with van der Waals surface area (Å²) in [5.74, 6) is 0.639. The molecule has 1 aliphatic rings. The van der Waals surface area contributed by atoms with Gasteiger partial charge in [-0.15, -0.1) is 0 Å². The molecule has 12 rings (SSSR count). The third-order valence-electron chi connectivity index (χ3n) is 12.4. The molecular weight excluding hydrogens is 755 g/mol.